The second kappa shape index (κ2) is 4.42. The van der Waals surface area contributed by atoms with E-state index in [9.17, 15) is 4.79 Å². The van der Waals surface area contributed by atoms with Gasteiger partial charge in [0.25, 0.3) is 0 Å². The summed E-state index contributed by atoms with van der Waals surface area (Å²) in [7, 11) is 0. The lowest BCUT2D eigenvalue weighted by atomic mass is 10.1. The van der Waals surface area contributed by atoms with E-state index in [2.05, 4.69) is 10.3 Å². The predicted molar refractivity (Wildman–Crippen MR) is 56.3 cm³/mol. The summed E-state index contributed by atoms with van der Waals surface area (Å²) in [5, 5.41) is 3.45. The van der Waals surface area contributed by atoms with E-state index in [4.69, 9.17) is 0 Å². The molecule has 1 aromatic rings. The number of pyridine rings is 1. The van der Waals surface area contributed by atoms with Gasteiger partial charge in [0.1, 0.15) is 0 Å². The lowest BCUT2D eigenvalue weighted by Gasteiger charge is -2.15. The van der Waals surface area contributed by atoms with Gasteiger partial charge in [0.2, 0.25) is 5.56 Å². The standard InChI is InChI=1S/C11H16N2O/c14-11-7-4-6-10(13-11)9-5-2-1-3-8-12-9/h4,6-7,9,12H,1-3,5,8H2,(H,13,14). The highest BCUT2D eigenvalue weighted by atomic mass is 16.1. The molecule has 2 heterocycles. The summed E-state index contributed by atoms with van der Waals surface area (Å²) < 4.78 is 0. The number of H-pyrrole nitrogens is 1. The average molecular weight is 192 g/mol. The third-order valence-electron chi connectivity index (χ3n) is 2.73. The van der Waals surface area contributed by atoms with Crippen LogP contribution >= 0.6 is 0 Å². The van der Waals surface area contributed by atoms with Gasteiger partial charge in [-0.1, -0.05) is 18.9 Å². The van der Waals surface area contributed by atoms with E-state index in [1.165, 1.54) is 19.3 Å². The highest BCUT2D eigenvalue weighted by molar-refractivity contribution is 5.09. The van der Waals surface area contributed by atoms with Crippen molar-refractivity contribution in [1.29, 1.82) is 0 Å². The smallest absolute Gasteiger partial charge is 0.248 e. The van der Waals surface area contributed by atoms with Gasteiger partial charge in [0, 0.05) is 17.8 Å². The van der Waals surface area contributed by atoms with Crippen molar-refractivity contribution in [3.8, 4) is 0 Å². The number of nitrogens with one attached hydrogen (secondary N) is 2. The van der Waals surface area contributed by atoms with Crippen molar-refractivity contribution < 1.29 is 0 Å². The van der Waals surface area contributed by atoms with Crippen LogP contribution in [0.25, 0.3) is 0 Å². The van der Waals surface area contributed by atoms with E-state index < -0.39 is 0 Å². The number of hydrogen-bond donors (Lipinski definition) is 2. The largest absolute Gasteiger partial charge is 0.325 e. The summed E-state index contributed by atoms with van der Waals surface area (Å²) in [6.07, 6.45) is 4.91. The van der Waals surface area contributed by atoms with Crippen molar-refractivity contribution in [1.82, 2.24) is 10.3 Å². The van der Waals surface area contributed by atoms with E-state index in [0.717, 1.165) is 18.7 Å². The Labute approximate surface area is 83.5 Å². The lowest BCUT2D eigenvalue weighted by Crippen LogP contribution is -2.23. The zero-order valence-corrected chi connectivity index (χ0v) is 8.25. The molecule has 1 aromatic heterocycles. The lowest BCUT2D eigenvalue weighted by molar-refractivity contribution is 0.521. The van der Waals surface area contributed by atoms with Crippen LogP contribution in [-0.2, 0) is 0 Å². The Morgan fingerprint density at radius 3 is 3.00 bits per heavy atom. The van der Waals surface area contributed by atoms with Gasteiger partial charge in [0.15, 0.2) is 0 Å². The average Bonchev–Trinajstić information content (AvgIpc) is 2.45. The van der Waals surface area contributed by atoms with Crippen LogP contribution < -0.4 is 10.9 Å². The molecule has 3 nitrogen and oxygen atoms in total. The summed E-state index contributed by atoms with van der Waals surface area (Å²) >= 11 is 0. The van der Waals surface area contributed by atoms with Crippen LogP contribution in [0.5, 0.6) is 0 Å². The van der Waals surface area contributed by atoms with Crippen LogP contribution in [0.2, 0.25) is 0 Å². The van der Waals surface area contributed by atoms with Crippen molar-refractivity contribution >= 4 is 0 Å². The first-order chi connectivity index (χ1) is 6.86. The molecule has 0 aromatic carbocycles. The van der Waals surface area contributed by atoms with Crippen LogP contribution in [0.15, 0.2) is 23.0 Å². The molecule has 3 heteroatoms. The molecule has 0 radical (unpaired) electrons. The normalized spacial score (nSPS) is 23.0. The van der Waals surface area contributed by atoms with E-state index in [0.29, 0.717) is 6.04 Å². The highest BCUT2D eigenvalue weighted by Crippen LogP contribution is 2.19. The Kier molecular flexibility index (Phi) is 2.99. The second-order valence-corrected chi connectivity index (χ2v) is 3.83. The molecule has 76 valence electrons. The molecule has 0 spiro atoms. The number of rotatable bonds is 1. The molecule has 1 aliphatic rings. The molecule has 2 N–H and O–H groups in total. The minimum atomic E-state index is -0.00598. The van der Waals surface area contributed by atoms with Crippen LogP contribution in [0.1, 0.15) is 37.4 Å². The third kappa shape index (κ3) is 2.23. The number of aromatic amines is 1. The third-order valence-corrected chi connectivity index (χ3v) is 2.73. The summed E-state index contributed by atoms with van der Waals surface area (Å²) in [5.41, 5.74) is 1.02. The fraction of sp³-hybridized carbons (Fsp3) is 0.545. The maximum atomic E-state index is 11.1. The molecule has 14 heavy (non-hydrogen) atoms. The number of hydrogen-bond acceptors (Lipinski definition) is 2. The molecule has 1 saturated heterocycles. The van der Waals surface area contributed by atoms with Crippen LogP contribution in [0.3, 0.4) is 0 Å². The predicted octanol–water partition coefficient (Wildman–Crippen LogP) is 1.58. The summed E-state index contributed by atoms with van der Waals surface area (Å²) in [4.78, 5) is 14.0. The first-order valence-corrected chi connectivity index (χ1v) is 5.29. The van der Waals surface area contributed by atoms with E-state index in [1.807, 2.05) is 12.1 Å². The molecule has 1 fully saturated rings. The van der Waals surface area contributed by atoms with Gasteiger partial charge in [-0.25, -0.2) is 0 Å². The molecule has 0 aliphatic carbocycles. The van der Waals surface area contributed by atoms with Crippen molar-refractivity contribution in [3.63, 3.8) is 0 Å². The molecular weight excluding hydrogens is 176 g/mol. The Hall–Kier alpha value is -1.09. The highest BCUT2D eigenvalue weighted by Gasteiger charge is 2.13. The Morgan fingerprint density at radius 2 is 2.14 bits per heavy atom. The first kappa shape index (κ1) is 9.46. The Balaban J connectivity index is 2.16. The van der Waals surface area contributed by atoms with Crippen LogP contribution in [-0.4, -0.2) is 11.5 Å². The summed E-state index contributed by atoms with van der Waals surface area (Å²) in [6, 6.07) is 5.71. The van der Waals surface area contributed by atoms with Gasteiger partial charge in [-0.3, -0.25) is 4.79 Å². The second-order valence-electron chi connectivity index (χ2n) is 3.83. The van der Waals surface area contributed by atoms with Gasteiger partial charge in [0.05, 0.1) is 0 Å². The number of aromatic nitrogens is 1. The molecule has 1 atom stereocenters. The zero-order chi connectivity index (χ0) is 9.80. The minimum absolute atomic E-state index is 0.00598. The van der Waals surface area contributed by atoms with Crippen molar-refractivity contribution in [2.24, 2.45) is 0 Å². The summed E-state index contributed by atoms with van der Waals surface area (Å²) in [5.74, 6) is 0. The van der Waals surface area contributed by atoms with Crippen LogP contribution in [0, 0.1) is 0 Å². The van der Waals surface area contributed by atoms with E-state index >= 15 is 0 Å². The zero-order valence-electron chi connectivity index (χ0n) is 8.25. The van der Waals surface area contributed by atoms with Gasteiger partial charge < -0.3 is 10.3 Å². The van der Waals surface area contributed by atoms with E-state index in [1.54, 1.807) is 6.07 Å². The molecule has 0 amide bonds. The van der Waals surface area contributed by atoms with Crippen molar-refractivity contribution in [2.45, 2.75) is 31.7 Å². The van der Waals surface area contributed by atoms with E-state index in [-0.39, 0.29) is 5.56 Å². The quantitative estimate of drug-likeness (QED) is 0.709. The van der Waals surface area contributed by atoms with Crippen LogP contribution in [0.4, 0.5) is 0 Å². The molecule has 0 bridgehead atoms. The fourth-order valence-electron chi connectivity index (χ4n) is 1.96. The fourth-order valence-corrected chi connectivity index (χ4v) is 1.96. The minimum Gasteiger partial charge on any atom is -0.325 e. The van der Waals surface area contributed by atoms with Gasteiger partial charge in [-0.15, -0.1) is 0 Å². The van der Waals surface area contributed by atoms with Crippen molar-refractivity contribution in [2.75, 3.05) is 6.54 Å². The summed E-state index contributed by atoms with van der Waals surface area (Å²) in [6.45, 7) is 1.06. The molecule has 0 saturated carbocycles. The first-order valence-electron chi connectivity index (χ1n) is 5.29. The van der Waals surface area contributed by atoms with Gasteiger partial charge in [-0.2, -0.15) is 0 Å². The molecule has 1 unspecified atom stereocenters. The Bertz CT molecular complexity index is 337. The topological polar surface area (TPSA) is 44.9 Å². The maximum absolute atomic E-state index is 11.1. The molecule has 1 aliphatic heterocycles. The maximum Gasteiger partial charge on any atom is 0.248 e. The van der Waals surface area contributed by atoms with Gasteiger partial charge >= 0.3 is 0 Å². The molecule has 2 rings (SSSR count). The van der Waals surface area contributed by atoms with Crippen molar-refractivity contribution in [3.05, 3.63) is 34.2 Å². The van der Waals surface area contributed by atoms with Gasteiger partial charge in [-0.05, 0) is 25.5 Å². The monoisotopic (exact) mass is 192 g/mol. The molecular formula is C11H16N2O. The Morgan fingerprint density at radius 1 is 1.21 bits per heavy atom. The SMILES string of the molecule is O=c1cccc(C2CCCCCN2)[nH]1.